The molecule has 5 nitrogen and oxygen atoms in total. The number of hydrogen-bond donors (Lipinski definition) is 1. The largest absolute Gasteiger partial charge is 0.497 e. The molecule has 124 valence electrons. The van der Waals surface area contributed by atoms with Crippen molar-refractivity contribution in [3.63, 3.8) is 0 Å². The van der Waals surface area contributed by atoms with Gasteiger partial charge >= 0.3 is 5.97 Å². The molecule has 0 saturated carbocycles. The lowest BCUT2D eigenvalue weighted by Gasteiger charge is -2.31. The average Bonchev–Trinajstić information content (AvgIpc) is 2.89. The van der Waals surface area contributed by atoms with Crippen LogP contribution in [-0.4, -0.2) is 35.2 Å². The van der Waals surface area contributed by atoms with Gasteiger partial charge in [-0.05, 0) is 48.8 Å². The molecule has 1 fully saturated rings. The molecular weight excluding hydrogens is 292 g/mol. The van der Waals surface area contributed by atoms with E-state index in [2.05, 4.69) is 32.2 Å². The second-order valence-corrected chi connectivity index (χ2v) is 6.99. The van der Waals surface area contributed by atoms with E-state index in [0.29, 0.717) is 6.42 Å². The fraction of sp³-hybridized carbons (Fsp3) is 0.556. The van der Waals surface area contributed by atoms with Gasteiger partial charge in [-0.15, -0.1) is 0 Å². The van der Waals surface area contributed by atoms with Crippen molar-refractivity contribution < 1.29 is 14.6 Å². The van der Waals surface area contributed by atoms with Crippen LogP contribution in [0, 0.1) is 16.9 Å². The number of methoxy groups -OCH3 is 1. The molecule has 0 aliphatic carbocycles. The quantitative estimate of drug-likeness (QED) is 0.817. The van der Waals surface area contributed by atoms with Crippen LogP contribution >= 0.6 is 0 Å². The van der Waals surface area contributed by atoms with Crippen LogP contribution in [-0.2, 0) is 11.2 Å². The normalized spacial score (nSPS) is 21.0. The fourth-order valence-electron chi connectivity index (χ4n) is 3.48. The lowest BCUT2D eigenvalue weighted by atomic mass is 9.79. The van der Waals surface area contributed by atoms with Gasteiger partial charge in [0.1, 0.15) is 11.8 Å². The van der Waals surface area contributed by atoms with Crippen LogP contribution in [0.15, 0.2) is 24.3 Å². The van der Waals surface area contributed by atoms with Gasteiger partial charge in [0.15, 0.2) is 6.19 Å². The minimum absolute atomic E-state index is 0.00866. The van der Waals surface area contributed by atoms with Crippen molar-refractivity contribution in [2.75, 3.05) is 7.11 Å². The monoisotopic (exact) mass is 316 g/mol. The summed E-state index contributed by atoms with van der Waals surface area (Å²) in [7, 11) is 1.65. The number of carbonyl (C=O) groups is 1. The minimum Gasteiger partial charge on any atom is -0.497 e. The fourth-order valence-corrected chi connectivity index (χ4v) is 3.48. The number of rotatable bonds is 6. The Kier molecular flexibility index (Phi) is 5.15. The van der Waals surface area contributed by atoms with E-state index in [0.717, 1.165) is 25.0 Å². The highest BCUT2D eigenvalue weighted by Gasteiger charge is 2.39. The Hall–Kier alpha value is -2.22. The number of carboxylic acid groups (broad SMARTS) is 1. The lowest BCUT2D eigenvalue weighted by molar-refractivity contribution is -0.141. The van der Waals surface area contributed by atoms with Gasteiger partial charge in [-0.2, -0.15) is 5.26 Å². The highest BCUT2D eigenvalue weighted by atomic mass is 16.5. The summed E-state index contributed by atoms with van der Waals surface area (Å²) in [5.74, 6) is -0.0654. The Morgan fingerprint density at radius 2 is 2.04 bits per heavy atom. The van der Waals surface area contributed by atoms with Crippen molar-refractivity contribution in [1.29, 1.82) is 5.26 Å². The first-order valence-electron chi connectivity index (χ1n) is 7.90. The molecular formula is C18H24N2O3. The maximum atomic E-state index is 11.2. The number of carboxylic acids is 1. The van der Waals surface area contributed by atoms with Crippen molar-refractivity contribution in [2.24, 2.45) is 5.41 Å². The molecule has 1 aliphatic heterocycles. The van der Waals surface area contributed by atoms with E-state index >= 15 is 0 Å². The molecule has 2 unspecified atom stereocenters. The second kappa shape index (κ2) is 6.91. The third-order valence-electron chi connectivity index (χ3n) is 4.53. The van der Waals surface area contributed by atoms with Crippen molar-refractivity contribution in [3.8, 4) is 11.9 Å². The van der Waals surface area contributed by atoms with Gasteiger partial charge in [0.05, 0.1) is 7.11 Å². The maximum Gasteiger partial charge on any atom is 0.327 e. The third-order valence-corrected chi connectivity index (χ3v) is 4.53. The summed E-state index contributed by atoms with van der Waals surface area (Å²) >= 11 is 0. The van der Waals surface area contributed by atoms with Gasteiger partial charge in [0.2, 0.25) is 0 Å². The van der Waals surface area contributed by atoms with Crippen LogP contribution in [0.2, 0.25) is 0 Å². The number of likely N-dealkylation sites (tertiary alicyclic amines) is 1. The first-order chi connectivity index (χ1) is 10.9. The number of aliphatic carboxylic acids is 1. The average molecular weight is 316 g/mol. The van der Waals surface area contributed by atoms with Crippen LogP contribution in [0.1, 0.15) is 38.7 Å². The van der Waals surface area contributed by atoms with E-state index in [-0.39, 0.29) is 11.5 Å². The molecule has 1 heterocycles. The molecule has 5 heteroatoms. The lowest BCUT2D eigenvalue weighted by Crippen LogP contribution is -2.39. The molecule has 0 amide bonds. The van der Waals surface area contributed by atoms with Gasteiger partial charge in [-0.3, -0.25) is 4.90 Å². The van der Waals surface area contributed by atoms with Crippen LogP contribution in [0.5, 0.6) is 5.75 Å². The van der Waals surface area contributed by atoms with E-state index in [1.807, 2.05) is 12.1 Å². The van der Waals surface area contributed by atoms with Crippen molar-refractivity contribution in [2.45, 2.75) is 51.6 Å². The van der Waals surface area contributed by atoms with E-state index in [9.17, 15) is 15.2 Å². The predicted octanol–water partition coefficient (Wildman–Crippen LogP) is 3.05. The molecule has 0 bridgehead atoms. The Morgan fingerprint density at radius 3 is 2.57 bits per heavy atom. The van der Waals surface area contributed by atoms with Gasteiger partial charge < -0.3 is 9.84 Å². The number of nitrogens with zero attached hydrogens (tertiary/aromatic N) is 2. The Labute approximate surface area is 137 Å². The Morgan fingerprint density at radius 1 is 1.39 bits per heavy atom. The highest BCUT2D eigenvalue weighted by molar-refractivity contribution is 5.74. The number of benzene rings is 1. The van der Waals surface area contributed by atoms with Gasteiger partial charge in [0.25, 0.3) is 0 Å². The molecule has 1 aliphatic rings. The summed E-state index contributed by atoms with van der Waals surface area (Å²) in [6.07, 6.45) is 5.07. The molecule has 1 saturated heterocycles. The SMILES string of the molecule is COc1ccc(CC(C)(C)CC2CCC(C(=O)O)N2C#N)cc1. The zero-order valence-electron chi connectivity index (χ0n) is 14.0. The maximum absolute atomic E-state index is 11.2. The predicted molar refractivity (Wildman–Crippen MR) is 87.0 cm³/mol. The Balaban J connectivity index is 2.02. The summed E-state index contributed by atoms with van der Waals surface area (Å²) in [4.78, 5) is 12.7. The molecule has 0 spiro atoms. The van der Waals surface area contributed by atoms with Gasteiger partial charge in [-0.25, -0.2) is 4.79 Å². The molecule has 23 heavy (non-hydrogen) atoms. The van der Waals surface area contributed by atoms with Crippen molar-refractivity contribution in [3.05, 3.63) is 29.8 Å². The van der Waals surface area contributed by atoms with Crippen molar-refractivity contribution in [1.82, 2.24) is 4.90 Å². The van der Waals surface area contributed by atoms with Crippen LogP contribution in [0.4, 0.5) is 0 Å². The van der Waals surface area contributed by atoms with Crippen LogP contribution in [0.3, 0.4) is 0 Å². The molecule has 1 N–H and O–H groups in total. The molecule has 1 aromatic rings. The van der Waals surface area contributed by atoms with Crippen LogP contribution in [0.25, 0.3) is 0 Å². The van der Waals surface area contributed by atoms with E-state index in [1.165, 1.54) is 10.5 Å². The zero-order valence-corrected chi connectivity index (χ0v) is 14.0. The molecule has 0 radical (unpaired) electrons. The summed E-state index contributed by atoms with van der Waals surface area (Å²) < 4.78 is 5.17. The van der Waals surface area contributed by atoms with Crippen LogP contribution < -0.4 is 4.74 Å². The number of nitriles is 1. The minimum atomic E-state index is -0.901. The highest BCUT2D eigenvalue weighted by Crippen LogP contribution is 2.35. The first-order valence-corrected chi connectivity index (χ1v) is 7.90. The van der Waals surface area contributed by atoms with E-state index < -0.39 is 12.0 Å². The first kappa shape index (κ1) is 17.1. The summed E-state index contributed by atoms with van der Waals surface area (Å²) in [5.41, 5.74) is 1.20. The standard InChI is InChI=1S/C18H24N2O3/c1-18(2,10-13-4-7-15(23-3)8-5-13)11-14-6-9-16(17(21)22)20(14)12-19/h4-5,7-8,14,16H,6,9-11H2,1-3H3,(H,21,22). The van der Waals surface area contributed by atoms with Gasteiger partial charge in [0, 0.05) is 6.04 Å². The zero-order chi connectivity index (χ0) is 17.0. The summed E-state index contributed by atoms with van der Waals surface area (Å²) in [6, 6.07) is 7.34. The summed E-state index contributed by atoms with van der Waals surface area (Å²) in [6.45, 7) is 4.34. The van der Waals surface area contributed by atoms with E-state index in [4.69, 9.17) is 4.74 Å². The molecule has 0 aromatic heterocycles. The second-order valence-electron chi connectivity index (χ2n) is 6.99. The topological polar surface area (TPSA) is 73.6 Å². The van der Waals surface area contributed by atoms with E-state index in [1.54, 1.807) is 7.11 Å². The number of hydrogen-bond acceptors (Lipinski definition) is 4. The van der Waals surface area contributed by atoms with Gasteiger partial charge in [-0.1, -0.05) is 26.0 Å². The molecule has 2 rings (SSSR count). The summed E-state index contributed by atoms with van der Waals surface area (Å²) in [5, 5.41) is 18.5. The number of ether oxygens (including phenoxy) is 1. The third kappa shape index (κ3) is 4.16. The van der Waals surface area contributed by atoms with Crippen molar-refractivity contribution >= 4 is 5.97 Å². The molecule has 1 aromatic carbocycles. The Bertz CT molecular complexity index is 589. The smallest absolute Gasteiger partial charge is 0.327 e. The molecule has 2 atom stereocenters.